The number of anilines is 1. The van der Waals surface area contributed by atoms with Gasteiger partial charge in [0, 0.05) is 0 Å². The summed E-state index contributed by atoms with van der Waals surface area (Å²) >= 11 is 0. The van der Waals surface area contributed by atoms with Crippen LogP contribution in [0.2, 0.25) is 0 Å². The van der Waals surface area contributed by atoms with E-state index in [1.165, 1.54) is 7.11 Å². The highest BCUT2D eigenvalue weighted by molar-refractivity contribution is 6.04. The molecule has 98 valence electrons. The van der Waals surface area contributed by atoms with Gasteiger partial charge in [0.2, 0.25) is 5.70 Å². The average molecular weight is 262 g/mol. The molecule has 8 heteroatoms. The first-order chi connectivity index (χ1) is 9.13. The van der Waals surface area contributed by atoms with Crippen molar-refractivity contribution in [3.05, 3.63) is 45.8 Å². The third-order valence-electron chi connectivity index (χ3n) is 2.46. The summed E-state index contributed by atoms with van der Waals surface area (Å²) in [6, 6.07) is 6.73. The largest absolute Gasteiger partial charge is 0.495 e. The van der Waals surface area contributed by atoms with E-state index in [2.05, 4.69) is 15.5 Å². The van der Waals surface area contributed by atoms with Gasteiger partial charge in [-0.2, -0.15) is 5.11 Å². The number of nitro groups is 1. The van der Waals surface area contributed by atoms with Crippen LogP contribution >= 0.6 is 0 Å². The van der Waals surface area contributed by atoms with Crippen LogP contribution in [0.4, 0.5) is 5.69 Å². The first-order valence-corrected chi connectivity index (χ1v) is 5.33. The molecule has 19 heavy (non-hydrogen) atoms. The van der Waals surface area contributed by atoms with Crippen molar-refractivity contribution in [2.45, 2.75) is 0 Å². The molecule has 0 spiro atoms. The molecule has 0 aliphatic carbocycles. The fraction of sp³-hybridized carbons (Fsp3) is 0.182. The third kappa shape index (κ3) is 2.57. The number of rotatable bonds is 4. The highest BCUT2D eigenvalue weighted by Crippen LogP contribution is 2.25. The lowest BCUT2D eigenvalue weighted by Crippen LogP contribution is -2.17. The van der Waals surface area contributed by atoms with Gasteiger partial charge in [0.1, 0.15) is 5.75 Å². The summed E-state index contributed by atoms with van der Waals surface area (Å²) in [6.07, 6.45) is 0. The van der Waals surface area contributed by atoms with Crippen molar-refractivity contribution in [3.8, 4) is 5.75 Å². The van der Waals surface area contributed by atoms with Crippen molar-refractivity contribution in [2.75, 3.05) is 19.0 Å². The maximum atomic E-state index is 11.9. The molecular weight excluding hydrogens is 252 g/mol. The smallest absolute Gasteiger partial charge is 0.302 e. The molecule has 1 amide bonds. The van der Waals surface area contributed by atoms with Gasteiger partial charge in [-0.25, -0.2) is 0 Å². The molecule has 1 aromatic carbocycles. The van der Waals surface area contributed by atoms with Crippen LogP contribution in [0.1, 0.15) is 0 Å². The van der Waals surface area contributed by atoms with E-state index in [9.17, 15) is 14.9 Å². The van der Waals surface area contributed by atoms with Crippen molar-refractivity contribution in [1.29, 1.82) is 0 Å². The lowest BCUT2D eigenvalue weighted by Gasteiger charge is -2.08. The van der Waals surface area contributed by atoms with E-state index in [4.69, 9.17) is 4.74 Å². The highest BCUT2D eigenvalue weighted by Gasteiger charge is 2.29. The zero-order chi connectivity index (χ0) is 13.8. The van der Waals surface area contributed by atoms with Gasteiger partial charge >= 0.3 is 5.70 Å². The van der Waals surface area contributed by atoms with Gasteiger partial charge in [-0.1, -0.05) is 12.1 Å². The average Bonchev–Trinajstić information content (AvgIpc) is 2.88. The number of hydrogen-bond donors (Lipinski definition) is 1. The number of ether oxygens (including phenoxy) is 1. The number of para-hydroxylation sites is 2. The molecule has 1 aliphatic heterocycles. The molecule has 0 fully saturated rings. The molecule has 0 aromatic heterocycles. The van der Waals surface area contributed by atoms with Crippen LogP contribution in [-0.4, -0.2) is 24.5 Å². The second-order valence-corrected chi connectivity index (χ2v) is 3.61. The molecule has 1 N–H and O–H groups in total. The number of carbonyl (C=O) groups excluding carboxylic acids is 1. The lowest BCUT2D eigenvalue weighted by atomic mass is 10.2. The van der Waals surface area contributed by atoms with Crippen molar-refractivity contribution in [2.24, 2.45) is 10.2 Å². The highest BCUT2D eigenvalue weighted by atomic mass is 16.6. The molecule has 1 aliphatic rings. The van der Waals surface area contributed by atoms with Crippen LogP contribution in [0.25, 0.3) is 0 Å². The Bertz CT molecular complexity index is 594. The fourth-order valence-corrected chi connectivity index (χ4v) is 1.56. The maximum absolute atomic E-state index is 11.9. The topological polar surface area (TPSA) is 106 Å². The van der Waals surface area contributed by atoms with Crippen molar-refractivity contribution in [1.82, 2.24) is 0 Å². The van der Waals surface area contributed by atoms with Crippen molar-refractivity contribution >= 4 is 11.6 Å². The zero-order valence-corrected chi connectivity index (χ0v) is 9.99. The first-order valence-electron chi connectivity index (χ1n) is 5.33. The summed E-state index contributed by atoms with van der Waals surface area (Å²) in [4.78, 5) is 22.0. The van der Waals surface area contributed by atoms with Gasteiger partial charge in [0.15, 0.2) is 6.54 Å². The molecule has 2 rings (SSSR count). The summed E-state index contributed by atoms with van der Waals surface area (Å²) in [5.74, 6) is -0.230. The van der Waals surface area contributed by atoms with Crippen molar-refractivity contribution < 1.29 is 14.5 Å². The first kappa shape index (κ1) is 12.7. The minimum atomic E-state index is -0.683. The number of nitrogens with one attached hydrogen (secondary N) is 1. The summed E-state index contributed by atoms with van der Waals surface area (Å²) in [5, 5.41) is 20.2. The van der Waals surface area contributed by atoms with Gasteiger partial charge in [-0.15, -0.1) is 5.11 Å². The fourth-order valence-electron chi connectivity index (χ4n) is 1.56. The van der Waals surface area contributed by atoms with Crippen LogP contribution in [0.15, 0.2) is 45.9 Å². The summed E-state index contributed by atoms with van der Waals surface area (Å²) in [7, 11) is 1.46. The van der Waals surface area contributed by atoms with Gasteiger partial charge in [-0.3, -0.25) is 14.9 Å². The second-order valence-electron chi connectivity index (χ2n) is 3.61. The molecule has 0 atom stereocenters. The van der Waals surface area contributed by atoms with Gasteiger partial charge < -0.3 is 10.1 Å². The van der Waals surface area contributed by atoms with E-state index < -0.39 is 10.8 Å². The number of carbonyl (C=O) groups is 1. The second kappa shape index (κ2) is 5.25. The molecule has 0 unspecified atom stereocenters. The molecule has 8 nitrogen and oxygen atoms in total. The van der Waals surface area contributed by atoms with Gasteiger partial charge in [-0.05, 0) is 12.1 Å². The van der Waals surface area contributed by atoms with Crippen LogP contribution in [0.5, 0.6) is 5.75 Å². The Morgan fingerprint density at radius 1 is 1.47 bits per heavy atom. The monoisotopic (exact) mass is 262 g/mol. The Morgan fingerprint density at radius 2 is 2.21 bits per heavy atom. The number of benzene rings is 1. The van der Waals surface area contributed by atoms with Crippen LogP contribution in [0.3, 0.4) is 0 Å². The van der Waals surface area contributed by atoms with Crippen LogP contribution in [0, 0.1) is 10.1 Å². The van der Waals surface area contributed by atoms with E-state index >= 15 is 0 Å². The Balaban J connectivity index is 2.24. The number of nitrogens with zero attached hydrogens (tertiary/aromatic N) is 3. The molecule has 1 heterocycles. The molecule has 0 saturated heterocycles. The molecule has 0 saturated carbocycles. The van der Waals surface area contributed by atoms with Gasteiger partial charge in [0.25, 0.3) is 5.91 Å². The molecular formula is C11H10N4O4. The lowest BCUT2D eigenvalue weighted by molar-refractivity contribution is -0.425. The van der Waals surface area contributed by atoms with Crippen LogP contribution in [-0.2, 0) is 4.79 Å². The standard InChI is InChI=1S/C11H10N4O4/c1-19-9-5-3-2-4-7(9)13-11(16)10-8(15(17)18)6-12-14-10/h2-5H,6H2,1H3,(H,13,16). The van der Waals surface area contributed by atoms with Crippen LogP contribution < -0.4 is 10.1 Å². The minimum absolute atomic E-state index is 0.193. The SMILES string of the molecule is COc1ccccc1NC(=O)C1=C([N+](=O)[O-])CN=N1. The molecule has 0 radical (unpaired) electrons. The van der Waals surface area contributed by atoms with E-state index in [1.54, 1.807) is 24.3 Å². The van der Waals surface area contributed by atoms with E-state index in [-0.39, 0.29) is 17.9 Å². The maximum Gasteiger partial charge on any atom is 0.302 e. The summed E-state index contributed by atoms with van der Waals surface area (Å²) in [5.41, 5.74) is -0.185. The Kier molecular flexibility index (Phi) is 3.51. The van der Waals surface area contributed by atoms with E-state index in [1.807, 2.05) is 0 Å². The molecule has 1 aromatic rings. The summed E-state index contributed by atoms with van der Waals surface area (Å²) < 4.78 is 5.06. The number of methoxy groups -OCH3 is 1. The van der Waals surface area contributed by atoms with E-state index in [0.29, 0.717) is 11.4 Å². The van der Waals surface area contributed by atoms with Gasteiger partial charge in [0.05, 0.1) is 17.7 Å². The predicted octanol–water partition coefficient (Wildman–Crippen LogP) is 1.59. The number of amides is 1. The molecule has 0 bridgehead atoms. The predicted molar refractivity (Wildman–Crippen MR) is 65.4 cm³/mol. The number of azo groups is 1. The normalized spacial score (nSPS) is 13.5. The van der Waals surface area contributed by atoms with E-state index in [0.717, 1.165) is 0 Å². The Labute approximate surface area is 107 Å². The number of hydrogen-bond acceptors (Lipinski definition) is 6. The Hall–Kier alpha value is -2.77. The van der Waals surface area contributed by atoms with Crippen molar-refractivity contribution in [3.63, 3.8) is 0 Å². The Morgan fingerprint density at radius 3 is 2.89 bits per heavy atom. The quantitative estimate of drug-likeness (QED) is 0.656. The summed E-state index contributed by atoms with van der Waals surface area (Å²) in [6.45, 7) is -0.193. The third-order valence-corrected chi connectivity index (χ3v) is 2.46. The minimum Gasteiger partial charge on any atom is -0.495 e. The zero-order valence-electron chi connectivity index (χ0n) is 9.99.